The number of rotatable bonds is 8. The molecule has 0 unspecified atom stereocenters. The molecule has 4 aromatic rings. The third-order valence-electron chi connectivity index (χ3n) is 5.19. The predicted octanol–water partition coefficient (Wildman–Crippen LogP) is 5.98. The van der Waals surface area contributed by atoms with Crippen molar-refractivity contribution in [3.8, 4) is 5.75 Å². The van der Waals surface area contributed by atoms with E-state index in [1.165, 1.54) is 18.5 Å². The van der Waals surface area contributed by atoms with Crippen LogP contribution in [0, 0.1) is 12.7 Å². The second-order valence-electron chi connectivity index (χ2n) is 8.19. The second kappa shape index (κ2) is 10.1. The van der Waals surface area contributed by atoms with Gasteiger partial charge in [0, 0.05) is 5.02 Å². The quantitative estimate of drug-likeness (QED) is 0.334. The molecule has 0 saturated heterocycles. The number of ether oxygens (including phenoxy) is 1. The first-order chi connectivity index (χ1) is 16.3. The maximum atomic E-state index is 13.0. The van der Waals surface area contributed by atoms with Gasteiger partial charge in [0.15, 0.2) is 5.76 Å². The summed E-state index contributed by atoms with van der Waals surface area (Å²) in [5.74, 6) is 0.946. The number of aromatic nitrogens is 3. The van der Waals surface area contributed by atoms with Crippen LogP contribution in [0.5, 0.6) is 5.75 Å². The Balaban J connectivity index is 1.36. The Hall–Kier alpha value is -3.65. The molecule has 0 aliphatic carbocycles. The Morgan fingerprint density at radius 3 is 2.71 bits per heavy atom. The number of anilines is 1. The molecular formula is C25H24ClFN4O3. The van der Waals surface area contributed by atoms with E-state index in [1.807, 2.05) is 19.1 Å². The lowest BCUT2D eigenvalue weighted by atomic mass is 10.0. The fraction of sp³-hybridized carbons (Fsp3) is 0.240. The lowest BCUT2D eigenvalue weighted by molar-refractivity contribution is 0.0991. The molecule has 2 aromatic carbocycles. The number of furan rings is 1. The number of hydrogen-bond donors (Lipinski definition) is 1. The highest BCUT2D eigenvalue weighted by Crippen LogP contribution is 2.32. The molecule has 1 N–H and O–H groups in total. The van der Waals surface area contributed by atoms with Gasteiger partial charge in [-0.05, 0) is 65.9 Å². The van der Waals surface area contributed by atoms with Crippen molar-refractivity contribution in [1.82, 2.24) is 14.8 Å². The van der Waals surface area contributed by atoms with E-state index in [2.05, 4.69) is 29.2 Å². The lowest BCUT2D eigenvalue weighted by Crippen LogP contribution is -2.12. The smallest absolute Gasteiger partial charge is 0.293 e. The maximum Gasteiger partial charge on any atom is 0.293 e. The first-order valence-corrected chi connectivity index (χ1v) is 11.1. The summed E-state index contributed by atoms with van der Waals surface area (Å²) in [6, 6.07) is 13.2. The van der Waals surface area contributed by atoms with Gasteiger partial charge in [-0.2, -0.15) is 0 Å². The van der Waals surface area contributed by atoms with Crippen molar-refractivity contribution >= 4 is 23.5 Å². The van der Waals surface area contributed by atoms with Gasteiger partial charge in [-0.1, -0.05) is 37.6 Å². The predicted molar refractivity (Wildman–Crippen MR) is 127 cm³/mol. The number of amides is 1. The van der Waals surface area contributed by atoms with E-state index in [-0.39, 0.29) is 30.1 Å². The van der Waals surface area contributed by atoms with Crippen LogP contribution in [0.4, 0.5) is 10.3 Å². The van der Waals surface area contributed by atoms with Crippen molar-refractivity contribution in [3.05, 3.63) is 93.9 Å². The molecule has 0 saturated carbocycles. The fourth-order valence-electron chi connectivity index (χ4n) is 3.34. The number of halogens is 2. The van der Waals surface area contributed by atoms with Gasteiger partial charge in [-0.25, -0.2) is 14.1 Å². The van der Waals surface area contributed by atoms with Crippen molar-refractivity contribution in [2.45, 2.75) is 39.8 Å². The zero-order chi connectivity index (χ0) is 24.2. The number of carbonyl (C=O) groups is 1. The van der Waals surface area contributed by atoms with Crippen LogP contribution >= 0.6 is 11.6 Å². The van der Waals surface area contributed by atoms with E-state index < -0.39 is 5.91 Å². The molecule has 176 valence electrons. The van der Waals surface area contributed by atoms with Crippen molar-refractivity contribution in [2.24, 2.45) is 0 Å². The highest BCUT2D eigenvalue weighted by atomic mass is 35.5. The minimum atomic E-state index is -0.476. The van der Waals surface area contributed by atoms with Gasteiger partial charge >= 0.3 is 0 Å². The Bertz CT molecular complexity index is 1300. The van der Waals surface area contributed by atoms with Crippen LogP contribution in [-0.2, 0) is 13.2 Å². The monoisotopic (exact) mass is 482 g/mol. The van der Waals surface area contributed by atoms with E-state index in [9.17, 15) is 9.18 Å². The normalized spacial score (nSPS) is 11.1. The van der Waals surface area contributed by atoms with Crippen LogP contribution in [0.1, 0.15) is 52.8 Å². The second-order valence-corrected chi connectivity index (χ2v) is 8.60. The number of benzene rings is 2. The summed E-state index contributed by atoms with van der Waals surface area (Å²) in [6.07, 6.45) is 1.49. The van der Waals surface area contributed by atoms with Crippen LogP contribution in [0.25, 0.3) is 0 Å². The van der Waals surface area contributed by atoms with Crippen LogP contribution in [0.2, 0.25) is 5.02 Å². The van der Waals surface area contributed by atoms with Crippen molar-refractivity contribution in [2.75, 3.05) is 5.32 Å². The first-order valence-electron chi connectivity index (χ1n) is 10.8. The Kier molecular flexibility index (Phi) is 6.98. The van der Waals surface area contributed by atoms with E-state index >= 15 is 0 Å². The molecule has 0 fully saturated rings. The summed E-state index contributed by atoms with van der Waals surface area (Å²) in [7, 11) is 0. The molecule has 1 amide bonds. The zero-order valence-electron chi connectivity index (χ0n) is 19.0. The van der Waals surface area contributed by atoms with Crippen molar-refractivity contribution < 1.29 is 18.3 Å². The van der Waals surface area contributed by atoms with Gasteiger partial charge in [0.2, 0.25) is 5.95 Å². The van der Waals surface area contributed by atoms with Gasteiger partial charge in [0.25, 0.3) is 5.91 Å². The molecule has 4 rings (SSSR count). The van der Waals surface area contributed by atoms with Gasteiger partial charge in [-0.3, -0.25) is 10.1 Å². The van der Waals surface area contributed by atoms with E-state index in [0.29, 0.717) is 17.3 Å². The summed E-state index contributed by atoms with van der Waals surface area (Å²) in [5.41, 5.74) is 2.78. The molecule has 9 heteroatoms. The highest BCUT2D eigenvalue weighted by Gasteiger charge is 2.16. The van der Waals surface area contributed by atoms with Crippen molar-refractivity contribution in [1.29, 1.82) is 0 Å². The molecule has 0 bridgehead atoms. The third kappa shape index (κ3) is 5.63. The SMILES string of the molecule is Cc1cc(OCc2ccc(C(=O)Nc3ncn(Cc4ccc(F)cc4)n3)o2)c(C(C)C)cc1Cl. The number of hydrogen-bond acceptors (Lipinski definition) is 5. The molecule has 0 radical (unpaired) electrons. The van der Waals surface area contributed by atoms with Crippen LogP contribution in [-0.4, -0.2) is 20.7 Å². The molecule has 0 aliphatic heterocycles. The summed E-state index contributed by atoms with van der Waals surface area (Å²) in [6.45, 7) is 6.62. The number of aryl methyl sites for hydroxylation is 1. The lowest BCUT2D eigenvalue weighted by Gasteiger charge is -2.15. The average molecular weight is 483 g/mol. The topological polar surface area (TPSA) is 82.2 Å². The zero-order valence-corrected chi connectivity index (χ0v) is 19.8. The summed E-state index contributed by atoms with van der Waals surface area (Å²) in [5, 5.41) is 7.52. The minimum Gasteiger partial charge on any atom is -0.485 e. The largest absolute Gasteiger partial charge is 0.485 e. The third-order valence-corrected chi connectivity index (χ3v) is 5.60. The van der Waals surface area contributed by atoms with E-state index in [1.54, 1.807) is 28.9 Å². The Morgan fingerprint density at radius 2 is 1.97 bits per heavy atom. The van der Waals surface area contributed by atoms with Crippen molar-refractivity contribution in [3.63, 3.8) is 0 Å². The van der Waals surface area contributed by atoms with Gasteiger partial charge in [0.1, 0.15) is 30.3 Å². The Labute approximate surface area is 201 Å². The van der Waals surface area contributed by atoms with Crippen LogP contribution < -0.4 is 10.1 Å². The summed E-state index contributed by atoms with van der Waals surface area (Å²) in [4.78, 5) is 16.6. The number of nitrogens with one attached hydrogen (secondary N) is 1. The minimum absolute atomic E-state index is 0.116. The maximum absolute atomic E-state index is 13.0. The van der Waals surface area contributed by atoms with E-state index in [0.717, 1.165) is 22.4 Å². The standard InChI is InChI=1S/C25H24ClFN4O3/c1-15(2)20-11-21(26)16(3)10-23(20)33-13-19-8-9-22(34-19)24(32)29-25-28-14-31(30-25)12-17-4-6-18(27)7-5-17/h4-11,14-15H,12-13H2,1-3H3,(H,29,30,32). The molecule has 0 atom stereocenters. The van der Waals surface area contributed by atoms with Gasteiger partial charge in [0.05, 0.1) is 6.54 Å². The molecule has 0 spiro atoms. The molecular weight excluding hydrogens is 459 g/mol. The highest BCUT2D eigenvalue weighted by molar-refractivity contribution is 6.31. The molecule has 2 aromatic heterocycles. The molecule has 7 nitrogen and oxygen atoms in total. The van der Waals surface area contributed by atoms with Crippen LogP contribution in [0.3, 0.4) is 0 Å². The summed E-state index contributed by atoms with van der Waals surface area (Å²) >= 11 is 6.26. The molecule has 0 aliphatic rings. The van der Waals surface area contributed by atoms with Gasteiger partial charge in [-0.15, -0.1) is 5.10 Å². The average Bonchev–Trinajstić information content (AvgIpc) is 3.45. The van der Waals surface area contributed by atoms with Gasteiger partial charge < -0.3 is 9.15 Å². The summed E-state index contributed by atoms with van der Waals surface area (Å²) < 4.78 is 26.2. The number of carbonyl (C=O) groups excluding carboxylic acids is 1. The first kappa shape index (κ1) is 23.5. The van der Waals surface area contributed by atoms with E-state index in [4.69, 9.17) is 20.8 Å². The fourth-order valence-corrected chi connectivity index (χ4v) is 3.51. The number of nitrogens with zero attached hydrogens (tertiary/aromatic N) is 3. The molecule has 34 heavy (non-hydrogen) atoms. The molecule has 2 heterocycles. The van der Waals surface area contributed by atoms with Crippen LogP contribution in [0.15, 0.2) is 59.3 Å². The Morgan fingerprint density at radius 1 is 1.21 bits per heavy atom.